The van der Waals surface area contributed by atoms with Gasteiger partial charge in [0, 0.05) is 6.07 Å². The van der Waals surface area contributed by atoms with Crippen LogP contribution in [0.3, 0.4) is 0 Å². The van der Waals surface area contributed by atoms with E-state index < -0.39 is 6.04 Å². The smallest absolute Gasteiger partial charge is 0.256 e. The summed E-state index contributed by atoms with van der Waals surface area (Å²) in [5, 5.41) is 3.13. The van der Waals surface area contributed by atoms with Gasteiger partial charge in [0.15, 0.2) is 0 Å². The van der Waals surface area contributed by atoms with E-state index in [-0.39, 0.29) is 18.2 Å². The predicted octanol–water partition coefficient (Wildman–Crippen LogP) is 2.85. The molecule has 1 atom stereocenters. The molecule has 0 aliphatic carbocycles. The summed E-state index contributed by atoms with van der Waals surface area (Å²) in [6.45, 7) is 2.39. The molecular weight excluding hydrogens is 348 g/mol. The van der Waals surface area contributed by atoms with Crippen molar-refractivity contribution in [1.82, 2.24) is 0 Å². The number of nitrogens with one attached hydrogen (secondary N) is 1. The molecule has 0 radical (unpaired) electrons. The number of hydrogen-bond acceptors (Lipinski definition) is 6. The maximum atomic E-state index is 12.9. The lowest BCUT2D eigenvalue weighted by Crippen LogP contribution is -2.35. The summed E-state index contributed by atoms with van der Waals surface area (Å²) in [5.74, 6) is 0.979. The van der Waals surface area contributed by atoms with Crippen molar-refractivity contribution in [2.45, 2.75) is 19.4 Å². The van der Waals surface area contributed by atoms with Gasteiger partial charge < -0.3 is 19.5 Å². The van der Waals surface area contributed by atoms with E-state index in [0.29, 0.717) is 35.2 Å². The number of rotatable bonds is 7. The average molecular weight is 370 g/mol. The molecule has 0 saturated carbocycles. The molecule has 1 aliphatic heterocycles. The van der Waals surface area contributed by atoms with E-state index in [1.54, 1.807) is 18.2 Å². The standard InChI is InChI=1S/C20H22N2O5/c1-4-27-17-8-6-5-7-14(17)21-15-12-19(23)22(20(15)24)16-10-9-13(25-2)11-18(16)26-3/h5-11,15,21H,4,12H2,1-3H3/t15-/m1/s1. The minimum atomic E-state index is -0.675. The van der Waals surface area contributed by atoms with E-state index in [1.807, 2.05) is 31.2 Å². The van der Waals surface area contributed by atoms with Gasteiger partial charge in [-0.2, -0.15) is 0 Å². The maximum Gasteiger partial charge on any atom is 0.256 e. The van der Waals surface area contributed by atoms with E-state index in [4.69, 9.17) is 14.2 Å². The molecule has 1 fully saturated rings. The highest BCUT2D eigenvalue weighted by Gasteiger charge is 2.41. The van der Waals surface area contributed by atoms with Crippen molar-refractivity contribution in [2.75, 3.05) is 31.0 Å². The Balaban J connectivity index is 1.86. The molecule has 2 amide bonds. The van der Waals surface area contributed by atoms with Gasteiger partial charge in [-0.1, -0.05) is 12.1 Å². The van der Waals surface area contributed by atoms with E-state index >= 15 is 0 Å². The second-order valence-corrected chi connectivity index (χ2v) is 5.94. The minimum Gasteiger partial charge on any atom is -0.497 e. The zero-order chi connectivity index (χ0) is 19.4. The van der Waals surface area contributed by atoms with Gasteiger partial charge in [-0.15, -0.1) is 0 Å². The Morgan fingerprint density at radius 1 is 1.07 bits per heavy atom. The Morgan fingerprint density at radius 2 is 1.85 bits per heavy atom. The normalized spacial score (nSPS) is 16.4. The Bertz CT molecular complexity index is 852. The predicted molar refractivity (Wildman–Crippen MR) is 102 cm³/mol. The highest BCUT2D eigenvalue weighted by Crippen LogP contribution is 2.36. The van der Waals surface area contributed by atoms with Crippen molar-refractivity contribution in [1.29, 1.82) is 0 Å². The lowest BCUT2D eigenvalue weighted by molar-refractivity contribution is -0.121. The SMILES string of the molecule is CCOc1ccccc1N[C@@H]1CC(=O)N(c2ccc(OC)cc2OC)C1=O. The molecule has 7 nitrogen and oxygen atoms in total. The Kier molecular flexibility index (Phi) is 5.49. The quantitative estimate of drug-likeness (QED) is 0.755. The number of para-hydroxylation sites is 2. The molecule has 0 spiro atoms. The van der Waals surface area contributed by atoms with Crippen molar-refractivity contribution < 1.29 is 23.8 Å². The third-order valence-electron chi connectivity index (χ3n) is 4.29. The van der Waals surface area contributed by atoms with Crippen molar-refractivity contribution in [3.05, 3.63) is 42.5 Å². The van der Waals surface area contributed by atoms with Crippen molar-refractivity contribution in [2.24, 2.45) is 0 Å². The molecule has 1 heterocycles. The van der Waals surface area contributed by atoms with E-state index in [9.17, 15) is 9.59 Å². The molecule has 0 unspecified atom stereocenters. The fraction of sp³-hybridized carbons (Fsp3) is 0.300. The van der Waals surface area contributed by atoms with Gasteiger partial charge in [0.05, 0.1) is 38.6 Å². The number of carbonyl (C=O) groups is 2. The van der Waals surface area contributed by atoms with E-state index in [0.717, 1.165) is 4.90 Å². The fourth-order valence-electron chi connectivity index (χ4n) is 3.02. The summed E-state index contributed by atoms with van der Waals surface area (Å²) in [5.41, 5.74) is 1.07. The zero-order valence-electron chi connectivity index (χ0n) is 15.5. The minimum absolute atomic E-state index is 0.0501. The third-order valence-corrected chi connectivity index (χ3v) is 4.29. The lowest BCUT2D eigenvalue weighted by atomic mass is 10.2. The third kappa shape index (κ3) is 3.67. The topological polar surface area (TPSA) is 77.1 Å². The van der Waals surface area contributed by atoms with Crippen LogP contribution in [0.4, 0.5) is 11.4 Å². The van der Waals surface area contributed by atoms with Gasteiger partial charge in [0.25, 0.3) is 5.91 Å². The van der Waals surface area contributed by atoms with Gasteiger partial charge >= 0.3 is 0 Å². The highest BCUT2D eigenvalue weighted by atomic mass is 16.5. The largest absolute Gasteiger partial charge is 0.497 e. The van der Waals surface area contributed by atoms with Crippen LogP contribution in [0.25, 0.3) is 0 Å². The first kappa shape index (κ1) is 18.6. The van der Waals surface area contributed by atoms with Crippen molar-refractivity contribution in [3.63, 3.8) is 0 Å². The van der Waals surface area contributed by atoms with Gasteiger partial charge in [0.1, 0.15) is 23.3 Å². The van der Waals surface area contributed by atoms with Gasteiger partial charge in [-0.05, 0) is 31.2 Å². The summed E-state index contributed by atoms with van der Waals surface area (Å²) in [6, 6.07) is 11.6. The van der Waals surface area contributed by atoms with Crippen LogP contribution in [-0.2, 0) is 9.59 Å². The molecule has 27 heavy (non-hydrogen) atoms. The van der Waals surface area contributed by atoms with Crippen molar-refractivity contribution in [3.8, 4) is 17.2 Å². The Labute approximate surface area is 157 Å². The van der Waals surface area contributed by atoms with Crippen LogP contribution in [0, 0.1) is 0 Å². The number of imide groups is 1. The number of benzene rings is 2. The summed E-state index contributed by atoms with van der Waals surface area (Å²) in [4.78, 5) is 26.6. The first-order chi connectivity index (χ1) is 13.1. The van der Waals surface area contributed by atoms with Crippen LogP contribution in [-0.4, -0.2) is 38.7 Å². The Morgan fingerprint density at radius 3 is 2.56 bits per heavy atom. The van der Waals surface area contributed by atoms with Crippen LogP contribution >= 0.6 is 0 Å². The molecule has 0 bridgehead atoms. The number of carbonyl (C=O) groups excluding carboxylic acids is 2. The first-order valence-corrected chi connectivity index (χ1v) is 8.66. The lowest BCUT2D eigenvalue weighted by Gasteiger charge is -2.19. The van der Waals surface area contributed by atoms with Crippen LogP contribution in [0.5, 0.6) is 17.2 Å². The number of amides is 2. The number of anilines is 2. The van der Waals surface area contributed by atoms with Gasteiger partial charge in [-0.25, -0.2) is 4.90 Å². The molecular formula is C20H22N2O5. The van der Waals surface area contributed by atoms with Gasteiger partial charge in [-0.3, -0.25) is 9.59 Å². The monoisotopic (exact) mass is 370 g/mol. The van der Waals surface area contributed by atoms with Crippen LogP contribution in [0.15, 0.2) is 42.5 Å². The molecule has 2 aromatic rings. The molecule has 3 rings (SSSR count). The first-order valence-electron chi connectivity index (χ1n) is 8.66. The second kappa shape index (κ2) is 7.99. The van der Waals surface area contributed by atoms with Gasteiger partial charge in [0.2, 0.25) is 5.91 Å². The second-order valence-electron chi connectivity index (χ2n) is 5.94. The van der Waals surface area contributed by atoms with Crippen LogP contribution in [0.1, 0.15) is 13.3 Å². The molecule has 2 aromatic carbocycles. The fourth-order valence-corrected chi connectivity index (χ4v) is 3.02. The summed E-state index contributed by atoms with van der Waals surface area (Å²) < 4.78 is 16.1. The highest BCUT2D eigenvalue weighted by molar-refractivity contribution is 6.23. The average Bonchev–Trinajstić information content (AvgIpc) is 2.96. The summed E-state index contributed by atoms with van der Waals surface area (Å²) in [6.07, 6.45) is 0.0501. The summed E-state index contributed by atoms with van der Waals surface area (Å²) in [7, 11) is 3.02. The number of nitrogens with zero attached hydrogens (tertiary/aromatic N) is 1. The zero-order valence-corrected chi connectivity index (χ0v) is 15.5. The molecule has 0 aromatic heterocycles. The maximum absolute atomic E-state index is 12.9. The molecule has 1 aliphatic rings. The van der Waals surface area contributed by atoms with E-state index in [2.05, 4.69) is 5.32 Å². The number of methoxy groups -OCH3 is 2. The molecule has 1 saturated heterocycles. The van der Waals surface area contributed by atoms with Crippen LogP contribution < -0.4 is 24.4 Å². The van der Waals surface area contributed by atoms with Crippen molar-refractivity contribution >= 4 is 23.2 Å². The number of ether oxygens (including phenoxy) is 3. The molecule has 142 valence electrons. The van der Waals surface area contributed by atoms with Crippen LogP contribution in [0.2, 0.25) is 0 Å². The molecule has 1 N–H and O–H groups in total. The van der Waals surface area contributed by atoms with E-state index in [1.165, 1.54) is 14.2 Å². The Hall–Kier alpha value is -3.22. The molecule has 7 heteroatoms. The number of hydrogen-bond donors (Lipinski definition) is 1. The summed E-state index contributed by atoms with van der Waals surface area (Å²) >= 11 is 0.